The number of amides is 1. The summed E-state index contributed by atoms with van der Waals surface area (Å²) in [5.41, 5.74) is 4.86. The first-order chi connectivity index (χ1) is 14.1. The van der Waals surface area contributed by atoms with Gasteiger partial charge in [-0.25, -0.2) is 4.68 Å². The van der Waals surface area contributed by atoms with Gasteiger partial charge in [-0.3, -0.25) is 4.79 Å². The monoisotopic (exact) mass is 391 g/mol. The first kappa shape index (κ1) is 19.1. The van der Waals surface area contributed by atoms with E-state index in [9.17, 15) is 4.79 Å². The number of hydrogen-bond donors (Lipinski definition) is 1. The molecule has 0 bridgehead atoms. The molecule has 1 unspecified atom stereocenters. The van der Waals surface area contributed by atoms with E-state index >= 15 is 0 Å². The number of nitrogens with one attached hydrogen (secondary N) is 1. The van der Waals surface area contributed by atoms with E-state index in [0.29, 0.717) is 13.0 Å². The number of para-hydroxylation sites is 2. The average molecular weight is 391 g/mol. The second-order valence-electron chi connectivity index (χ2n) is 7.30. The van der Waals surface area contributed by atoms with Crippen LogP contribution < -0.4 is 14.8 Å². The van der Waals surface area contributed by atoms with Gasteiger partial charge in [0.2, 0.25) is 5.91 Å². The molecular weight excluding hydrogens is 366 g/mol. The minimum absolute atomic E-state index is 0.0243. The maximum Gasteiger partial charge on any atom is 0.224 e. The molecule has 0 radical (unpaired) electrons. The quantitative estimate of drug-likeness (QED) is 0.726. The van der Waals surface area contributed by atoms with Gasteiger partial charge in [0, 0.05) is 16.8 Å². The van der Waals surface area contributed by atoms with Gasteiger partial charge in [-0.2, -0.15) is 5.10 Å². The lowest BCUT2D eigenvalue weighted by Crippen LogP contribution is -2.43. The predicted octanol–water partition coefficient (Wildman–Crippen LogP) is 3.16. The highest BCUT2D eigenvalue weighted by Gasteiger charge is 2.25. The maximum absolute atomic E-state index is 12.7. The summed E-state index contributed by atoms with van der Waals surface area (Å²) in [5.74, 6) is 1.48. The summed E-state index contributed by atoms with van der Waals surface area (Å²) in [5, 5.41) is 7.73. The van der Waals surface area contributed by atoms with Crippen molar-refractivity contribution in [3.8, 4) is 17.2 Å². The highest BCUT2D eigenvalue weighted by molar-refractivity contribution is 5.79. The second kappa shape index (κ2) is 7.99. The lowest BCUT2D eigenvalue weighted by molar-refractivity contribution is -0.121. The molecule has 4 rings (SSSR count). The van der Waals surface area contributed by atoms with Crippen molar-refractivity contribution >= 4 is 5.91 Å². The highest BCUT2D eigenvalue weighted by Crippen LogP contribution is 2.34. The van der Waals surface area contributed by atoms with Gasteiger partial charge in [-0.05, 0) is 38.5 Å². The van der Waals surface area contributed by atoms with Gasteiger partial charge in [0.25, 0.3) is 0 Å². The Balaban J connectivity index is 1.45. The maximum atomic E-state index is 12.7. The molecule has 0 saturated heterocycles. The average Bonchev–Trinajstić information content (AvgIpc) is 3.02. The lowest BCUT2D eigenvalue weighted by atomic mass is 10.0. The minimum Gasteiger partial charge on any atom is -0.493 e. The number of carbonyl (C=O) groups is 1. The van der Waals surface area contributed by atoms with Gasteiger partial charge in [-0.1, -0.05) is 30.3 Å². The largest absolute Gasteiger partial charge is 0.493 e. The molecule has 0 aliphatic carbocycles. The van der Waals surface area contributed by atoms with Crippen LogP contribution in [0, 0.1) is 13.8 Å². The molecule has 0 spiro atoms. The number of aryl methyl sites for hydroxylation is 1. The molecule has 1 N–H and O–H groups in total. The van der Waals surface area contributed by atoms with E-state index in [0.717, 1.165) is 46.1 Å². The number of rotatable bonds is 5. The molecule has 1 aromatic heterocycles. The van der Waals surface area contributed by atoms with Crippen LogP contribution in [0.5, 0.6) is 11.5 Å². The van der Waals surface area contributed by atoms with Crippen LogP contribution in [-0.4, -0.2) is 35.4 Å². The molecule has 6 nitrogen and oxygen atoms in total. The summed E-state index contributed by atoms with van der Waals surface area (Å²) < 4.78 is 13.1. The van der Waals surface area contributed by atoms with Crippen molar-refractivity contribution in [1.29, 1.82) is 0 Å². The zero-order chi connectivity index (χ0) is 20.4. The van der Waals surface area contributed by atoms with Crippen LogP contribution in [0.15, 0.2) is 48.5 Å². The van der Waals surface area contributed by atoms with Crippen LogP contribution in [0.2, 0.25) is 0 Å². The third-order valence-electron chi connectivity index (χ3n) is 5.32. The molecule has 3 aromatic rings. The normalized spacial score (nSPS) is 15.3. The molecule has 0 saturated carbocycles. The predicted molar refractivity (Wildman–Crippen MR) is 111 cm³/mol. The van der Waals surface area contributed by atoms with Gasteiger partial charge in [0.05, 0.1) is 31.0 Å². The van der Waals surface area contributed by atoms with E-state index in [1.165, 1.54) is 0 Å². The number of nitrogens with zero attached hydrogens (tertiary/aromatic N) is 2. The smallest absolute Gasteiger partial charge is 0.224 e. The van der Waals surface area contributed by atoms with Gasteiger partial charge in [0.15, 0.2) is 11.5 Å². The third kappa shape index (κ3) is 3.83. The van der Waals surface area contributed by atoms with Crippen molar-refractivity contribution in [3.05, 3.63) is 71.0 Å². The van der Waals surface area contributed by atoms with E-state index in [-0.39, 0.29) is 11.9 Å². The second-order valence-corrected chi connectivity index (χ2v) is 7.30. The zero-order valence-corrected chi connectivity index (χ0v) is 16.9. The van der Waals surface area contributed by atoms with Crippen LogP contribution in [0.3, 0.4) is 0 Å². The summed E-state index contributed by atoms with van der Waals surface area (Å²) in [6.45, 7) is 4.38. The fraction of sp³-hybridized carbons (Fsp3) is 0.304. The molecule has 6 heteroatoms. The Morgan fingerprint density at radius 2 is 2.00 bits per heavy atom. The van der Waals surface area contributed by atoms with Crippen molar-refractivity contribution < 1.29 is 14.3 Å². The standard InChI is InChI=1S/C23H25N3O3/c1-15-20(16(2)26(25-15)19-9-5-4-6-10-19)13-22(27)24-18-12-17-8-7-11-21(28-3)23(17)29-14-18/h4-11,18H,12-14H2,1-3H3,(H,24,27). The summed E-state index contributed by atoms with van der Waals surface area (Å²) >= 11 is 0. The van der Waals surface area contributed by atoms with Gasteiger partial charge in [0.1, 0.15) is 6.61 Å². The van der Waals surface area contributed by atoms with Crippen LogP contribution >= 0.6 is 0 Å². The summed E-state index contributed by atoms with van der Waals surface area (Å²) in [6, 6.07) is 15.7. The van der Waals surface area contributed by atoms with Crippen LogP contribution in [-0.2, 0) is 17.6 Å². The number of fused-ring (bicyclic) bond motifs is 1. The Morgan fingerprint density at radius 3 is 2.76 bits per heavy atom. The van der Waals surface area contributed by atoms with Crippen molar-refractivity contribution in [1.82, 2.24) is 15.1 Å². The zero-order valence-electron chi connectivity index (χ0n) is 16.9. The molecule has 0 fully saturated rings. The highest BCUT2D eigenvalue weighted by atomic mass is 16.5. The molecule has 2 heterocycles. The number of methoxy groups -OCH3 is 1. The van der Waals surface area contributed by atoms with E-state index in [2.05, 4.69) is 10.4 Å². The molecule has 1 atom stereocenters. The van der Waals surface area contributed by atoms with Gasteiger partial charge in [-0.15, -0.1) is 0 Å². The molecule has 2 aromatic carbocycles. The Morgan fingerprint density at radius 1 is 1.21 bits per heavy atom. The van der Waals surface area contributed by atoms with Crippen molar-refractivity contribution in [2.45, 2.75) is 32.7 Å². The van der Waals surface area contributed by atoms with Gasteiger partial charge >= 0.3 is 0 Å². The first-order valence-electron chi connectivity index (χ1n) is 9.75. The number of aromatic nitrogens is 2. The number of hydrogen-bond acceptors (Lipinski definition) is 4. The molecule has 1 aliphatic heterocycles. The SMILES string of the molecule is COc1cccc2c1OCC(NC(=O)Cc1c(C)nn(-c3ccccc3)c1C)C2. The van der Waals surface area contributed by atoms with Crippen molar-refractivity contribution in [3.63, 3.8) is 0 Å². The molecular formula is C23H25N3O3. The van der Waals surface area contributed by atoms with E-state index < -0.39 is 0 Å². The lowest BCUT2D eigenvalue weighted by Gasteiger charge is -2.27. The Hall–Kier alpha value is -3.28. The Bertz CT molecular complexity index is 1030. The molecule has 1 aliphatic rings. The summed E-state index contributed by atoms with van der Waals surface area (Å²) in [4.78, 5) is 12.7. The summed E-state index contributed by atoms with van der Waals surface area (Å²) in [7, 11) is 1.63. The third-order valence-corrected chi connectivity index (χ3v) is 5.32. The number of ether oxygens (including phenoxy) is 2. The van der Waals surface area contributed by atoms with E-state index in [1.807, 2.05) is 67.1 Å². The fourth-order valence-electron chi connectivity index (χ4n) is 3.84. The fourth-order valence-corrected chi connectivity index (χ4v) is 3.84. The first-order valence-corrected chi connectivity index (χ1v) is 9.75. The van der Waals surface area contributed by atoms with Crippen molar-refractivity contribution in [2.24, 2.45) is 0 Å². The Labute approximate surface area is 170 Å². The molecule has 150 valence electrons. The Kier molecular flexibility index (Phi) is 5.25. The number of benzene rings is 2. The van der Waals surface area contributed by atoms with Crippen LogP contribution in [0.4, 0.5) is 0 Å². The summed E-state index contributed by atoms with van der Waals surface area (Å²) in [6.07, 6.45) is 1.02. The van der Waals surface area contributed by atoms with Crippen molar-refractivity contribution in [2.75, 3.05) is 13.7 Å². The van der Waals surface area contributed by atoms with E-state index in [4.69, 9.17) is 9.47 Å². The van der Waals surface area contributed by atoms with Gasteiger partial charge < -0.3 is 14.8 Å². The van der Waals surface area contributed by atoms with Crippen LogP contribution in [0.25, 0.3) is 5.69 Å². The molecule has 1 amide bonds. The molecule has 29 heavy (non-hydrogen) atoms. The van der Waals surface area contributed by atoms with E-state index in [1.54, 1.807) is 7.11 Å². The minimum atomic E-state index is -0.0631. The number of carbonyl (C=O) groups excluding carboxylic acids is 1. The topological polar surface area (TPSA) is 65.4 Å². The van der Waals surface area contributed by atoms with Crippen LogP contribution in [0.1, 0.15) is 22.5 Å².